The molecule has 6 nitrogen and oxygen atoms in total. The van der Waals surface area contributed by atoms with Gasteiger partial charge in [0.2, 0.25) is 0 Å². The number of aryl methyl sites for hydroxylation is 1. The van der Waals surface area contributed by atoms with Crippen LogP contribution in [0.1, 0.15) is 66.3 Å². The standard InChI is InChI=1S/C35H38N2O4/c1-20-13-25(34(40)31(14-20)37-22(3)15-21(2)26-11-7-8-12-30(26)36-37)16-24-17-28(33(39)19-32(24)38)29-18-27(35(29)41)23-9-5-4-6-10-23/h4-14,17,19,21-22,26-27,29-30,36,38-40H,15-16,18H2,1-3H3. The predicted octanol–water partition coefficient (Wildman–Crippen LogP) is 6.39. The molecule has 1 saturated heterocycles. The van der Waals surface area contributed by atoms with Crippen LogP contribution in [0, 0.1) is 18.8 Å². The Morgan fingerprint density at radius 3 is 2.39 bits per heavy atom. The molecule has 0 aromatic heterocycles. The zero-order valence-electron chi connectivity index (χ0n) is 23.8. The summed E-state index contributed by atoms with van der Waals surface area (Å²) in [6.45, 7) is 6.46. The van der Waals surface area contributed by atoms with Crippen molar-refractivity contribution in [2.24, 2.45) is 11.8 Å². The fourth-order valence-electron chi connectivity index (χ4n) is 6.93. The van der Waals surface area contributed by atoms with Gasteiger partial charge in [0.15, 0.2) is 0 Å². The number of rotatable bonds is 5. The van der Waals surface area contributed by atoms with Crippen molar-refractivity contribution in [3.63, 3.8) is 0 Å². The predicted molar refractivity (Wildman–Crippen MR) is 161 cm³/mol. The highest BCUT2D eigenvalue weighted by atomic mass is 16.3. The second-order valence-electron chi connectivity index (χ2n) is 12.1. The molecule has 3 aliphatic rings. The van der Waals surface area contributed by atoms with Gasteiger partial charge in [-0.05, 0) is 61.4 Å². The Labute approximate surface area is 241 Å². The minimum atomic E-state index is -0.420. The first-order valence-corrected chi connectivity index (χ1v) is 14.6. The molecule has 6 heteroatoms. The van der Waals surface area contributed by atoms with Gasteiger partial charge in [0.05, 0.1) is 11.7 Å². The summed E-state index contributed by atoms with van der Waals surface area (Å²) in [6.07, 6.45) is 10.5. The van der Waals surface area contributed by atoms with E-state index < -0.39 is 5.92 Å². The topological polar surface area (TPSA) is 93.0 Å². The van der Waals surface area contributed by atoms with Crippen molar-refractivity contribution in [2.75, 3.05) is 5.01 Å². The first kappa shape index (κ1) is 27.2. The van der Waals surface area contributed by atoms with Gasteiger partial charge >= 0.3 is 0 Å². The number of aromatic hydroxyl groups is 3. The zero-order valence-corrected chi connectivity index (χ0v) is 23.8. The number of hydrogen-bond donors (Lipinski definition) is 4. The number of phenols is 3. The Morgan fingerprint density at radius 2 is 1.63 bits per heavy atom. The van der Waals surface area contributed by atoms with Crippen molar-refractivity contribution in [3.8, 4) is 17.2 Å². The Bertz CT molecular complexity index is 1530. The number of phenolic OH excluding ortho intramolecular Hbond substituents is 3. The van der Waals surface area contributed by atoms with E-state index in [2.05, 4.69) is 48.6 Å². The SMILES string of the molecule is Cc1cc(Cc2cc(C3CC(c4ccccc4)C3=O)c(O)cc2O)c(O)c(N2NC3C=CC=CC3C(C)CC2C)c1. The molecule has 2 fully saturated rings. The van der Waals surface area contributed by atoms with Crippen LogP contribution in [-0.4, -0.2) is 33.2 Å². The number of fused-ring (bicyclic) bond motifs is 1. The molecule has 3 aromatic carbocycles. The molecule has 6 atom stereocenters. The van der Waals surface area contributed by atoms with Crippen LogP contribution in [0.4, 0.5) is 5.69 Å². The Balaban J connectivity index is 1.29. The number of benzene rings is 3. The lowest BCUT2D eigenvalue weighted by Crippen LogP contribution is -2.49. The van der Waals surface area contributed by atoms with Crippen LogP contribution in [0.2, 0.25) is 0 Å². The van der Waals surface area contributed by atoms with Gasteiger partial charge in [-0.25, -0.2) is 5.43 Å². The molecule has 1 aliphatic heterocycles. The molecule has 1 heterocycles. The van der Waals surface area contributed by atoms with Gasteiger partial charge in [0.1, 0.15) is 23.0 Å². The van der Waals surface area contributed by atoms with E-state index in [1.807, 2.05) is 49.4 Å². The summed E-state index contributed by atoms with van der Waals surface area (Å²) in [7, 11) is 0. The first-order valence-electron chi connectivity index (χ1n) is 14.6. The molecule has 0 amide bonds. The number of carbonyl (C=O) groups is 1. The molecule has 212 valence electrons. The van der Waals surface area contributed by atoms with Gasteiger partial charge in [0, 0.05) is 47.4 Å². The lowest BCUT2D eigenvalue weighted by molar-refractivity contribution is -0.128. The van der Waals surface area contributed by atoms with Crippen LogP contribution in [0.5, 0.6) is 17.2 Å². The summed E-state index contributed by atoms with van der Waals surface area (Å²) < 4.78 is 0. The molecule has 2 aliphatic carbocycles. The van der Waals surface area contributed by atoms with Crippen LogP contribution in [0.25, 0.3) is 0 Å². The van der Waals surface area contributed by atoms with Gasteiger partial charge in [-0.15, -0.1) is 0 Å². The number of hydrogen-bond acceptors (Lipinski definition) is 6. The normalized spacial score (nSPS) is 27.3. The van der Waals surface area contributed by atoms with E-state index in [1.54, 1.807) is 6.07 Å². The number of ketones is 1. The van der Waals surface area contributed by atoms with E-state index in [-0.39, 0.29) is 47.5 Å². The van der Waals surface area contributed by atoms with Crippen LogP contribution < -0.4 is 10.4 Å². The number of allylic oxidation sites excluding steroid dienone is 2. The average Bonchev–Trinajstić information content (AvgIpc) is 3.08. The molecular formula is C35H38N2O4. The summed E-state index contributed by atoms with van der Waals surface area (Å²) in [6, 6.07) is 17.0. The van der Waals surface area contributed by atoms with E-state index >= 15 is 0 Å². The summed E-state index contributed by atoms with van der Waals surface area (Å²) in [4.78, 5) is 13.1. The third kappa shape index (κ3) is 5.02. The summed E-state index contributed by atoms with van der Waals surface area (Å²) in [5.41, 5.74) is 8.13. The largest absolute Gasteiger partial charge is 0.508 e. The van der Waals surface area contributed by atoms with Crippen LogP contribution in [0.3, 0.4) is 0 Å². The number of hydrazine groups is 1. The van der Waals surface area contributed by atoms with Crippen molar-refractivity contribution in [2.45, 2.75) is 64.0 Å². The maximum absolute atomic E-state index is 13.1. The molecule has 6 unspecified atom stereocenters. The zero-order chi connectivity index (χ0) is 28.8. The molecule has 4 N–H and O–H groups in total. The lowest BCUT2D eigenvalue weighted by atomic mass is 9.67. The second kappa shape index (κ2) is 10.7. The van der Waals surface area contributed by atoms with Gasteiger partial charge in [0.25, 0.3) is 0 Å². The molecule has 0 radical (unpaired) electrons. The van der Waals surface area contributed by atoms with Crippen molar-refractivity contribution in [3.05, 3.63) is 107 Å². The first-order chi connectivity index (χ1) is 19.7. The molecule has 0 bridgehead atoms. The van der Waals surface area contributed by atoms with Crippen molar-refractivity contribution in [1.82, 2.24) is 5.43 Å². The molecule has 3 aromatic rings. The number of nitrogens with one attached hydrogen (secondary N) is 1. The lowest BCUT2D eigenvalue weighted by Gasteiger charge is -2.35. The quantitative estimate of drug-likeness (QED) is 0.294. The Hall–Kier alpha value is -4.03. The summed E-state index contributed by atoms with van der Waals surface area (Å²) in [5.74, 6) is 0.351. The summed E-state index contributed by atoms with van der Waals surface area (Å²) in [5, 5.41) is 35.2. The van der Waals surface area contributed by atoms with Crippen molar-refractivity contribution >= 4 is 11.5 Å². The number of nitrogens with zero attached hydrogens (tertiary/aromatic N) is 1. The minimum absolute atomic E-state index is 0.0582. The Morgan fingerprint density at radius 1 is 0.878 bits per heavy atom. The summed E-state index contributed by atoms with van der Waals surface area (Å²) >= 11 is 0. The van der Waals surface area contributed by atoms with Crippen LogP contribution >= 0.6 is 0 Å². The van der Waals surface area contributed by atoms with Gasteiger partial charge < -0.3 is 20.3 Å². The van der Waals surface area contributed by atoms with E-state index in [9.17, 15) is 20.1 Å². The van der Waals surface area contributed by atoms with Gasteiger partial charge in [-0.3, -0.25) is 4.79 Å². The third-order valence-electron chi connectivity index (χ3n) is 9.19. The molecule has 1 saturated carbocycles. The van der Waals surface area contributed by atoms with Crippen LogP contribution in [-0.2, 0) is 11.2 Å². The number of anilines is 1. The van der Waals surface area contributed by atoms with E-state index in [1.165, 1.54) is 6.07 Å². The third-order valence-corrected chi connectivity index (χ3v) is 9.19. The molecule has 6 rings (SSSR count). The maximum atomic E-state index is 13.1. The fraction of sp³-hybridized carbons (Fsp3) is 0.343. The van der Waals surface area contributed by atoms with Crippen LogP contribution in [0.15, 0.2) is 78.9 Å². The highest BCUT2D eigenvalue weighted by Crippen LogP contribution is 2.48. The van der Waals surface area contributed by atoms with Crippen molar-refractivity contribution in [1.29, 1.82) is 0 Å². The van der Waals surface area contributed by atoms with Crippen molar-refractivity contribution < 1.29 is 20.1 Å². The van der Waals surface area contributed by atoms with Gasteiger partial charge in [-0.1, -0.05) is 67.6 Å². The Kier molecular flexibility index (Phi) is 7.12. The molecule has 0 spiro atoms. The number of Topliss-reactive ketones (excluding diaryl/α,β-unsaturated/α-hetero) is 1. The number of carbonyl (C=O) groups excluding carboxylic acids is 1. The van der Waals surface area contributed by atoms with E-state index in [4.69, 9.17) is 0 Å². The minimum Gasteiger partial charge on any atom is -0.508 e. The maximum Gasteiger partial charge on any atom is 0.147 e. The molecule has 41 heavy (non-hydrogen) atoms. The van der Waals surface area contributed by atoms with Gasteiger partial charge in [-0.2, -0.15) is 0 Å². The van der Waals surface area contributed by atoms with E-state index in [0.29, 0.717) is 40.6 Å². The second-order valence-corrected chi connectivity index (χ2v) is 12.1. The monoisotopic (exact) mass is 550 g/mol. The highest BCUT2D eigenvalue weighted by molar-refractivity contribution is 5.98. The average molecular weight is 551 g/mol. The molecular weight excluding hydrogens is 512 g/mol. The smallest absolute Gasteiger partial charge is 0.147 e. The van der Waals surface area contributed by atoms with E-state index in [0.717, 1.165) is 17.5 Å². The highest BCUT2D eigenvalue weighted by Gasteiger charge is 2.42. The fourth-order valence-corrected chi connectivity index (χ4v) is 6.93.